The Morgan fingerprint density at radius 1 is 1.32 bits per heavy atom. The number of aromatic nitrogens is 1. The van der Waals surface area contributed by atoms with Crippen molar-refractivity contribution < 1.29 is 19.8 Å². The van der Waals surface area contributed by atoms with Crippen LogP contribution in [-0.2, 0) is 4.79 Å². The second-order valence-corrected chi connectivity index (χ2v) is 4.62. The van der Waals surface area contributed by atoms with Gasteiger partial charge in [-0.15, -0.1) is 0 Å². The van der Waals surface area contributed by atoms with Crippen molar-refractivity contribution in [2.75, 3.05) is 6.61 Å². The van der Waals surface area contributed by atoms with E-state index >= 15 is 0 Å². The van der Waals surface area contributed by atoms with Crippen molar-refractivity contribution >= 4 is 46.7 Å². The number of halogens is 3. The van der Waals surface area contributed by atoms with Crippen molar-refractivity contribution in [3.05, 3.63) is 27.0 Å². The minimum atomic E-state index is -1.28. The molecule has 0 spiro atoms. The van der Waals surface area contributed by atoms with Crippen LogP contribution in [0.1, 0.15) is 16.9 Å². The molecule has 3 N–H and O–H groups in total. The minimum Gasteiger partial charge on any atom is -0.480 e. The zero-order valence-electron chi connectivity index (χ0n) is 9.36. The molecule has 0 aliphatic heterocycles. The summed E-state index contributed by atoms with van der Waals surface area (Å²) in [4.78, 5) is 26.3. The third-order valence-electron chi connectivity index (χ3n) is 2.15. The predicted molar refractivity (Wildman–Crippen MR) is 69.9 cm³/mol. The van der Waals surface area contributed by atoms with Gasteiger partial charge in [-0.25, -0.2) is 9.78 Å². The van der Waals surface area contributed by atoms with Crippen LogP contribution in [0.15, 0.2) is 6.20 Å². The summed E-state index contributed by atoms with van der Waals surface area (Å²) in [7, 11) is 0. The topological polar surface area (TPSA) is 99.5 Å². The summed E-state index contributed by atoms with van der Waals surface area (Å²) >= 11 is 17.2. The highest BCUT2D eigenvalue weighted by Gasteiger charge is 2.23. The SMILES string of the molecule is O=C(NC(CCO)C(=O)O)c1ncc(Cl)c(Cl)c1Cl. The summed E-state index contributed by atoms with van der Waals surface area (Å²) in [6, 6.07) is -1.25. The van der Waals surface area contributed by atoms with Gasteiger partial charge in [0.05, 0.1) is 15.1 Å². The van der Waals surface area contributed by atoms with E-state index in [9.17, 15) is 9.59 Å². The quantitative estimate of drug-likeness (QED) is 0.763. The van der Waals surface area contributed by atoms with E-state index < -0.39 is 17.9 Å². The molecule has 1 atom stereocenters. The molecule has 0 aliphatic rings. The largest absolute Gasteiger partial charge is 0.480 e. The Morgan fingerprint density at radius 2 is 1.95 bits per heavy atom. The summed E-state index contributed by atoms with van der Waals surface area (Å²) in [6.07, 6.45) is 0.993. The number of aliphatic hydroxyl groups is 1. The van der Waals surface area contributed by atoms with Gasteiger partial charge in [-0.1, -0.05) is 34.8 Å². The van der Waals surface area contributed by atoms with Gasteiger partial charge < -0.3 is 15.5 Å². The Hall–Kier alpha value is -1.08. The van der Waals surface area contributed by atoms with Gasteiger partial charge >= 0.3 is 5.97 Å². The first-order chi connectivity index (χ1) is 8.88. The fraction of sp³-hybridized carbons (Fsp3) is 0.300. The van der Waals surface area contributed by atoms with E-state index in [0.717, 1.165) is 6.20 Å². The number of carboxylic acids is 1. The number of hydrogen-bond donors (Lipinski definition) is 3. The smallest absolute Gasteiger partial charge is 0.326 e. The van der Waals surface area contributed by atoms with Crippen molar-refractivity contribution in [3.8, 4) is 0 Å². The molecule has 1 unspecified atom stereocenters. The lowest BCUT2D eigenvalue weighted by molar-refractivity contribution is -0.139. The molecule has 0 radical (unpaired) electrons. The van der Waals surface area contributed by atoms with E-state index in [0.29, 0.717) is 0 Å². The van der Waals surface area contributed by atoms with Crippen LogP contribution in [0.4, 0.5) is 0 Å². The second-order valence-electron chi connectivity index (χ2n) is 3.46. The number of amides is 1. The Kier molecular flexibility index (Phi) is 5.81. The Morgan fingerprint density at radius 3 is 2.47 bits per heavy atom. The standard InChI is InChI=1S/C10H9Cl3N2O4/c11-4-3-14-8(7(13)6(4)12)9(17)15-5(1-2-16)10(18)19/h3,5,16H,1-2H2,(H,15,17)(H,18,19). The molecule has 1 aromatic rings. The number of aliphatic carboxylic acids is 1. The van der Waals surface area contributed by atoms with Gasteiger partial charge in [0.2, 0.25) is 0 Å². The third-order valence-corrected chi connectivity index (χ3v) is 3.39. The average molecular weight is 328 g/mol. The number of carbonyl (C=O) groups is 2. The van der Waals surface area contributed by atoms with Gasteiger partial charge in [0.1, 0.15) is 11.7 Å². The summed E-state index contributed by atoms with van der Waals surface area (Å²) in [6.45, 7) is -0.389. The summed E-state index contributed by atoms with van der Waals surface area (Å²) < 4.78 is 0. The fourth-order valence-corrected chi connectivity index (χ4v) is 1.78. The molecule has 0 saturated carbocycles. The van der Waals surface area contributed by atoms with E-state index in [2.05, 4.69) is 10.3 Å². The van der Waals surface area contributed by atoms with Crippen molar-refractivity contribution in [2.24, 2.45) is 0 Å². The third kappa shape index (κ3) is 3.94. The van der Waals surface area contributed by atoms with Crippen molar-refractivity contribution in [2.45, 2.75) is 12.5 Å². The highest BCUT2D eigenvalue weighted by atomic mass is 35.5. The van der Waals surface area contributed by atoms with Gasteiger partial charge in [0.15, 0.2) is 0 Å². The number of carboxylic acid groups (broad SMARTS) is 1. The first-order valence-electron chi connectivity index (χ1n) is 5.02. The van der Waals surface area contributed by atoms with Crippen molar-refractivity contribution in [3.63, 3.8) is 0 Å². The van der Waals surface area contributed by atoms with Gasteiger partial charge in [-0.2, -0.15) is 0 Å². The number of hydrogen-bond acceptors (Lipinski definition) is 4. The van der Waals surface area contributed by atoms with Crippen molar-refractivity contribution in [1.29, 1.82) is 0 Å². The molecular formula is C10H9Cl3N2O4. The van der Waals surface area contributed by atoms with Crippen LogP contribution in [0.25, 0.3) is 0 Å². The molecule has 0 aromatic carbocycles. The number of rotatable bonds is 5. The first-order valence-corrected chi connectivity index (χ1v) is 6.16. The number of nitrogens with zero attached hydrogens (tertiary/aromatic N) is 1. The second kappa shape index (κ2) is 6.91. The van der Waals surface area contributed by atoms with Crippen LogP contribution in [0.3, 0.4) is 0 Å². The number of aliphatic hydroxyl groups excluding tert-OH is 1. The Bertz CT molecular complexity index is 510. The highest BCUT2D eigenvalue weighted by Crippen LogP contribution is 2.30. The highest BCUT2D eigenvalue weighted by molar-refractivity contribution is 6.48. The number of nitrogens with one attached hydrogen (secondary N) is 1. The lowest BCUT2D eigenvalue weighted by Gasteiger charge is -2.13. The van der Waals surface area contributed by atoms with Crippen molar-refractivity contribution in [1.82, 2.24) is 10.3 Å². The molecule has 1 aromatic heterocycles. The van der Waals surface area contributed by atoms with Crippen LogP contribution in [-0.4, -0.2) is 39.7 Å². The van der Waals surface area contributed by atoms with Gasteiger partial charge in [-0.3, -0.25) is 4.79 Å². The molecule has 1 rings (SSSR count). The molecule has 9 heteroatoms. The maximum absolute atomic E-state index is 11.8. The summed E-state index contributed by atoms with van der Waals surface area (Å²) in [5.74, 6) is -2.09. The van der Waals surface area contributed by atoms with Crippen LogP contribution in [0.5, 0.6) is 0 Å². The lowest BCUT2D eigenvalue weighted by atomic mass is 10.2. The molecule has 104 valence electrons. The van der Waals surface area contributed by atoms with Gasteiger partial charge in [-0.05, 0) is 0 Å². The molecular weight excluding hydrogens is 318 g/mol. The first kappa shape index (κ1) is 16.0. The summed E-state index contributed by atoms with van der Waals surface area (Å²) in [5, 5.41) is 19.6. The Balaban J connectivity index is 2.95. The fourth-order valence-electron chi connectivity index (χ4n) is 1.21. The van der Waals surface area contributed by atoms with E-state index in [1.54, 1.807) is 0 Å². The van der Waals surface area contributed by atoms with E-state index in [1.807, 2.05) is 0 Å². The van der Waals surface area contributed by atoms with Crippen LogP contribution in [0.2, 0.25) is 15.1 Å². The zero-order chi connectivity index (χ0) is 14.6. The molecule has 0 bridgehead atoms. The normalized spacial score (nSPS) is 12.0. The lowest BCUT2D eigenvalue weighted by Crippen LogP contribution is -2.41. The van der Waals surface area contributed by atoms with Crippen LogP contribution < -0.4 is 5.32 Å². The van der Waals surface area contributed by atoms with E-state index in [4.69, 9.17) is 45.0 Å². The molecule has 0 saturated heterocycles. The van der Waals surface area contributed by atoms with E-state index in [-0.39, 0.29) is 33.8 Å². The molecule has 19 heavy (non-hydrogen) atoms. The molecule has 1 amide bonds. The maximum atomic E-state index is 11.8. The number of pyridine rings is 1. The Labute approximate surface area is 123 Å². The maximum Gasteiger partial charge on any atom is 0.326 e. The minimum absolute atomic E-state index is 0.0440. The summed E-state index contributed by atoms with van der Waals surface area (Å²) in [5.41, 5.74) is -0.236. The van der Waals surface area contributed by atoms with Gasteiger partial charge in [0, 0.05) is 19.2 Å². The average Bonchev–Trinajstić information content (AvgIpc) is 2.35. The number of carbonyl (C=O) groups excluding carboxylic acids is 1. The van der Waals surface area contributed by atoms with Crippen LogP contribution >= 0.6 is 34.8 Å². The molecule has 6 nitrogen and oxygen atoms in total. The zero-order valence-corrected chi connectivity index (χ0v) is 11.6. The van der Waals surface area contributed by atoms with Crippen LogP contribution in [0, 0.1) is 0 Å². The van der Waals surface area contributed by atoms with E-state index in [1.165, 1.54) is 0 Å². The monoisotopic (exact) mass is 326 g/mol. The molecule has 0 aliphatic carbocycles. The van der Waals surface area contributed by atoms with Gasteiger partial charge in [0.25, 0.3) is 5.91 Å². The predicted octanol–water partition coefficient (Wildman–Crippen LogP) is 1.61. The molecule has 1 heterocycles. The molecule has 0 fully saturated rings.